The number of aliphatic hydroxyl groups is 1. The molecule has 0 heterocycles. The van der Waals surface area contributed by atoms with E-state index in [1.165, 1.54) is 0 Å². The predicted octanol–water partition coefficient (Wildman–Crippen LogP) is 3.36. The van der Waals surface area contributed by atoms with Crippen LogP contribution in [0.3, 0.4) is 0 Å². The molecule has 0 radical (unpaired) electrons. The van der Waals surface area contributed by atoms with Crippen molar-refractivity contribution in [3.8, 4) is 0 Å². The van der Waals surface area contributed by atoms with Gasteiger partial charge >= 0.3 is 6.18 Å². The van der Waals surface area contributed by atoms with Crippen molar-refractivity contribution in [1.29, 1.82) is 0 Å². The van der Waals surface area contributed by atoms with Crippen molar-refractivity contribution in [1.82, 2.24) is 0 Å². The van der Waals surface area contributed by atoms with E-state index in [0.717, 1.165) is 11.8 Å². The van der Waals surface area contributed by atoms with Crippen LogP contribution in [0.5, 0.6) is 0 Å². The lowest BCUT2D eigenvalue weighted by molar-refractivity contribution is -0.195. The quantitative estimate of drug-likeness (QED) is 0.837. The second-order valence-electron chi connectivity index (χ2n) is 2.80. The first-order valence-corrected chi connectivity index (χ1v) is 5.39. The SMILES string of the molecule is OC(CSc1ccccc1Cl)C(F)(F)F. The Kier molecular flexibility index (Phi) is 4.31. The molecule has 1 unspecified atom stereocenters. The van der Waals surface area contributed by atoms with Gasteiger partial charge in [0.25, 0.3) is 0 Å². The monoisotopic (exact) mass is 256 g/mol. The van der Waals surface area contributed by atoms with E-state index in [9.17, 15) is 13.2 Å². The molecular formula is C9H8ClF3OS. The van der Waals surface area contributed by atoms with E-state index >= 15 is 0 Å². The molecule has 0 saturated heterocycles. The third-order valence-corrected chi connectivity index (χ3v) is 3.20. The smallest absolute Gasteiger partial charge is 0.383 e. The number of rotatable bonds is 3. The predicted molar refractivity (Wildman–Crippen MR) is 54.2 cm³/mol. The van der Waals surface area contributed by atoms with Crippen LogP contribution in [-0.4, -0.2) is 23.1 Å². The molecule has 0 amide bonds. The molecule has 15 heavy (non-hydrogen) atoms. The van der Waals surface area contributed by atoms with Gasteiger partial charge in [-0.25, -0.2) is 0 Å². The van der Waals surface area contributed by atoms with Gasteiger partial charge in [0.05, 0.1) is 5.02 Å². The summed E-state index contributed by atoms with van der Waals surface area (Å²) < 4.78 is 35.9. The first kappa shape index (κ1) is 12.7. The number of halogens is 4. The molecule has 0 aliphatic rings. The van der Waals surface area contributed by atoms with Gasteiger partial charge in [0.1, 0.15) is 0 Å². The number of hydrogen-bond donors (Lipinski definition) is 1. The van der Waals surface area contributed by atoms with Gasteiger partial charge in [-0.2, -0.15) is 13.2 Å². The van der Waals surface area contributed by atoms with Crippen LogP contribution in [0.4, 0.5) is 13.2 Å². The van der Waals surface area contributed by atoms with E-state index in [1.54, 1.807) is 24.3 Å². The Balaban J connectivity index is 2.55. The van der Waals surface area contributed by atoms with E-state index in [1.807, 2.05) is 0 Å². The summed E-state index contributed by atoms with van der Waals surface area (Å²) in [6.45, 7) is 0. The highest BCUT2D eigenvalue weighted by Crippen LogP contribution is 2.30. The van der Waals surface area contributed by atoms with Crippen molar-refractivity contribution >= 4 is 23.4 Å². The topological polar surface area (TPSA) is 20.2 Å². The Morgan fingerprint density at radius 3 is 2.47 bits per heavy atom. The normalized spacial score (nSPS) is 13.9. The van der Waals surface area contributed by atoms with Crippen molar-refractivity contribution in [3.05, 3.63) is 29.3 Å². The van der Waals surface area contributed by atoms with E-state index in [4.69, 9.17) is 16.7 Å². The fraction of sp³-hybridized carbons (Fsp3) is 0.333. The summed E-state index contributed by atoms with van der Waals surface area (Å²) in [4.78, 5) is 0.530. The molecule has 1 aromatic rings. The minimum Gasteiger partial charge on any atom is -0.383 e. The molecule has 84 valence electrons. The second-order valence-corrected chi connectivity index (χ2v) is 4.27. The van der Waals surface area contributed by atoms with Crippen molar-refractivity contribution in [3.63, 3.8) is 0 Å². The molecular weight excluding hydrogens is 249 g/mol. The Morgan fingerprint density at radius 1 is 1.33 bits per heavy atom. The number of alkyl halides is 3. The molecule has 1 nitrogen and oxygen atoms in total. The lowest BCUT2D eigenvalue weighted by Gasteiger charge is -2.14. The van der Waals surface area contributed by atoms with Crippen molar-refractivity contribution in [2.24, 2.45) is 0 Å². The molecule has 0 aliphatic heterocycles. The van der Waals surface area contributed by atoms with Crippen LogP contribution in [0.15, 0.2) is 29.2 Å². The summed E-state index contributed by atoms with van der Waals surface area (Å²) in [6, 6.07) is 6.56. The third kappa shape index (κ3) is 3.93. The van der Waals surface area contributed by atoms with Gasteiger partial charge in [0, 0.05) is 10.6 Å². The van der Waals surface area contributed by atoms with E-state index in [0.29, 0.717) is 9.92 Å². The van der Waals surface area contributed by atoms with Crippen LogP contribution in [0, 0.1) is 0 Å². The maximum atomic E-state index is 12.0. The van der Waals surface area contributed by atoms with Gasteiger partial charge in [-0.05, 0) is 12.1 Å². The molecule has 0 aromatic heterocycles. The maximum Gasteiger partial charge on any atom is 0.415 e. The summed E-state index contributed by atoms with van der Waals surface area (Å²) in [5.74, 6) is -0.451. The summed E-state index contributed by atoms with van der Waals surface area (Å²) in [6.07, 6.45) is -6.90. The average Bonchev–Trinajstić information content (AvgIpc) is 2.14. The van der Waals surface area contributed by atoms with Crippen molar-refractivity contribution in [2.45, 2.75) is 17.2 Å². The van der Waals surface area contributed by atoms with Crippen LogP contribution >= 0.6 is 23.4 Å². The molecule has 6 heteroatoms. The molecule has 1 rings (SSSR count). The largest absolute Gasteiger partial charge is 0.415 e. The van der Waals surface area contributed by atoms with E-state index in [2.05, 4.69) is 0 Å². The lowest BCUT2D eigenvalue weighted by Crippen LogP contribution is -2.30. The number of aliphatic hydroxyl groups excluding tert-OH is 1. The Morgan fingerprint density at radius 2 is 1.93 bits per heavy atom. The van der Waals surface area contributed by atoms with E-state index < -0.39 is 18.0 Å². The summed E-state index contributed by atoms with van der Waals surface area (Å²) in [7, 11) is 0. The van der Waals surface area contributed by atoms with Gasteiger partial charge in [0.2, 0.25) is 0 Å². The highest BCUT2D eigenvalue weighted by atomic mass is 35.5. The zero-order valence-electron chi connectivity index (χ0n) is 7.46. The van der Waals surface area contributed by atoms with Crippen LogP contribution in [0.1, 0.15) is 0 Å². The van der Waals surface area contributed by atoms with Gasteiger partial charge in [-0.15, -0.1) is 11.8 Å². The number of hydrogen-bond acceptors (Lipinski definition) is 2. The molecule has 0 spiro atoms. The number of benzene rings is 1. The van der Waals surface area contributed by atoms with Gasteiger partial charge in [0.15, 0.2) is 6.10 Å². The first-order valence-electron chi connectivity index (χ1n) is 4.03. The van der Waals surface area contributed by atoms with Crippen LogP contribution in [-0.2, 0) is 0 Å². The summed E-state index contributed by atoms with van der Waals surface area (Å²) in [5.41, 5.74) is 0. The maximum absolute atomic E-state index is 12.0. The lowest BCUT2D eigenvalue weighted by atomic mass is 10.4. The standard InChI is InChI=1S/C9H8ClF3OS/c10-6-3-1-2-4-7(6)15-5-8(14)9(11,12)13/h1-4,8,14H,5H2. The minimum absolute atomic E-state index is 0.386. The molecule has 0 aliphatic carbocycles. The molecule has 1 N–H and O–H groups in total. The minimum atomic E-state index is -4.58. The van der Waals surface area contributed by atoms with Crippen LogP contribution < -0.4 is 0 Å². The molecule has 0 fully saturated rings. The molecule has 1 atom stereocenters. The highest BCUT2D eigenvalue weighted by molar-refractivity contribution is 7.99. The summed E-state index contributed by atoms with van der Waals surface area (Å²) >= 11 is 6.62. The second kappa shape index (κ2) is 5.09. The average molecular weight is 257 g/mol. The Labute approximate surface area is 94.2 Å². The fourth-order valence-corrected chi connectivity index (χ4v) is 2.03. The number of thioether (sulfide) groups is 1. The van der Waals surface area contributed by atoms with Gasteiger partial charge in [-0.3, -0.25) is 0 Å². The van der Waals surface area contributed by atoms with Crippen LogP contribution in [0.2, 0.25) is 5.02 Å². The van der Waals surface area contributed by atoms with E-state index in [-0.39, 0.29) is 0 Å². The van der Waals surface area contributed by atoms with Crippen molar-refractivity contribution in [2.75, 3.05) is 5.75 Å². The zero-order chi connectivity index (χ0) is 11.5. The summed E-state index contributed by atoms with van der Waals surface area (Å²) in [5, 5.41) is 9.13. The molecule has 0 saturated carbocycles. The van der Waals surface area contributed by atoms with Crippen molar-refractivity contribution < 1.29 is 18.3 Å². The first-order chi connectivity index (χ1) is 6.91. The molecule has 0 bridgehead atoms. The molecule has 1 aromatic carbocycles. The third-order valence-electron chi connectivity index (χ3n) is 1.61. The highest BCUT2D eigenvalue weighted by Gasteiger charge is 2.37. The fourth-order valence-electron chi connectivity index (χ4n) is 0.825. The van der Waals surface area contributed by atoms with Gasteiger partial charge < -0.3 is 5.11 Å². The van der Waals surface area contributed by atoms with Gasteiger partial charge in [-0.1, -0.05) is 23.7 Å². The Hall–Kier alpha value is -0.390. The zero-order valence-corrected chi connectivity index (χ0v) is 9.03. The van der Waals surface area contributed by atoms with Crippen LogP contribution in [0.25, 0.3) is 0 Å². The Bertz CT molecular complexity index is 329.